The molecule has 2 rings (SSSR count). The molecule has 0 radical (unpaired) electrons. The van der Waals surface area contributed by atoms with Crippen molar-refractivity contribution in [2.45, 2.75) is 19.4 Å². The van der Waals surface area contributed by atoms with Crippen LogP contribution in [0.15, 0.2) is 24.3 Å². The summed E-state index contributed by atoms with van der Waals surface area (Å²) >= 11 is 0. The number of ether oxygens (including phenoxy) is 2. The fourth-order valence-corrected chi connectivity index (χ4v) is 1.99. The highest BCUT2D eigenvalue weighted by Crippen LogP contribution is 2.19. The van der Waals surface area contributed by atoms with Gasteiger partial charge < -0.3 is 14.5 Å². The molecule has 0 aliphatic rings. The Labute approximate surface area is 110 Å². The van der Waals surface area contributed by atoms with Gasteiger partial charge in [-0.2, -0.15) is 0 Å². The van der Waals surface area contributed by atoms with Crippen molar-refractivity contribution in [2.24, 2.45) is 0 Å². The molecule has 2 aromatic rings. The van der Waals surface area contributed by atoms with Crippen LogP contribution >= 0.6 is 0 Å². The quantitative estimate of drug-likeness (QED) is 0.660. The molecule has 1 N–H and O–H groups in total. The van der Waals surface area contributed by atoms with Crippen molar-refractivity contribution in [1.29, 1.82) is 0 Å². The third-order valence-electron chi connectivity index (χ3n) is 2.89. The Bertz CT molecular complexity index is 603. The van der Waals surface area contributed by atoms with Crippen LogP contribution in [0.3, 0.4) is 0 Å². The van der Waals surface area contributed by atoms with Crippen molar-refractivity contribution >= 4 is 23.3 Å². The lowest BCUT2D eigenvalue weighted by atomic mass is 10.1. The van der Waals surface area contributed by atoms with E-state index in [0.717, 1.165) is 16.6 Å². The van der Waals surface area contributed by atoms with Crippen molar-refractivity contribution in [2.75, 3.05) is 7.11 Å². The molecule has 0 amide bonds. The van der Waals surface area contributed by atoms with Gasteiger partial charge in [-0.15, -0.1) is 0 Å². The first-order chi connectivity index (χ1) is 9.13. The first-order valence-electron chi connectivity index (χ1n) is 5.93. The highest BCUT2D eigenvalue weighted by Gasteiger charge is 2.10. The van der Waals surface area contributed by atoms with Gasteiger partial charge in [-0.3, -0.25) is 4.79 Å². The highest BCUT2D eigenvalue weighted by atomic mass is 16.5. The molecule has 100 valence electrons. The molecule has 0 bridgehead atoms. The maximum Gasteiger partial charge on any atom is 0.337 e. The molecule has 1 unspecified atom stereocenters. The summed E-state index contributed by atoms with van der Waals surface area (Å²) in [6, 6.07) is 7.29. The summed E-state index contributed by atoms with van der Waals surface area (Å²) in [6.07, 6.45) is 0.409. The molecule has 19 heavy (non-hydrogen) atoms. The Morgan fingerprint density at radius 1 is 1.42 bits per heavy atom. The van der Waals surface area contributed by atoms with Crippen LogP contribution in [0.25, 0.3) is 10.9 Å². The monoisotopic (exact) mass is 261 g/mol. The summed E-state index contributed by atoms with van der Waals surface area (Å²) in [5, 5.41) is 1.00. The highest BCUT2D eigenvalue weighted by molar-refractivity contribution is 5.94. The number of rotatable bonds is 5. The number of aromatic amines is 1. The van der Waals surface area contributed by atoms with Crippen LogP contribution in [0, 0.1) is 0 Å². The third kappa shape index (κ3) is 2.93. The fraction of sp³-hybridized carbons (Fsp3) is 0.286. The minimum atomic E-state index is -0.365. The molecule has 0 aliphatic carbocycles. The molecule has 5 heteroatoms. The van der Waals surface area contributed by atoms with E-state index >= 15 is 0 Å². The summed E-state index contributed by atoms with van der Waals surface area (Å²) in [4.78, 5) is 24.9. The van der Waals surface area contributed by atoms with Crippen LogP contribution in [-0.4, -0.2) is 30.6 Å². The largest absolute Gasteiger partial charge is 0.465 e. The van der Waals surface area contributed by atoms with Gasteiger partial charge in [0.05, 0.1) is 12.7 Å². The van der Waals surface area contributed by atoms with Crippen LogP contribution in [0.5, 0.6) is 0 Å². The Balaban J connectivity index is 2.25. The Kier molecular flexibility index (Phi) is 3.85. The van der Waals surface area contributed by atoms with Gasteiger partial charge in [0.15, 0.2) is 0 Å². The zero-order valence-electron chi connectivity index (χ0n) is 10.8. The van der Waals surface area contributed by atoms with E-state index in [1.165, 1.54) is 7.11 Å². The number of nitrogens with one attached hydrogen (secondary N) is 1. The molecule has 1 atom stereocenters. The standard InChI is InChI=1S/C14H15NO4/c1-9(19-8-16)5-12-6-10-3-4-11(14(17)18-2)7-13(10)15-12/h3-4,6-9,15H,5H2,1-2H3. The number of carbonyl (C=O) groups excluding carboxylic acids is 2. The second-order valence-electron chi connectivity index (χ2n) is 4.34. The minimum Gasteiger partial charge on any atom is -0.465 e. The van der Waals surface area contributed by atoms with Gasteiger partial charge in [-0.25, -0.2) is 4.79 Å². The lowest BCUT2D eigenvalue weighted by molar-refractivity contribution is -0.132. The van der Waals surface area contributed by atoms with Gasteiger partial charge in [-0.05, 0) is 30.5 Å². The second-order valence-corrected chi connectivity index (χ2v) is 4.34. The van der Waals surface area contributed by atoms with Gasteiger partial charge >= 0.3 is 5.97 Å². The van der Waals surface area contributed by atoms with Crippen molar-refractivity contribution in [3.63, 3.8) is 0 Å². The van der Waals surface area contributed by atoms with Gasteiger partial charge in [0.2, 0.25) is 0 Å². The molecular formula is C14H15NO4. The van der Waals surface area contributed by atoms with Crippen LogP contribution < -0.4 is 0 Å². The number of aromatic nitrogens is 1. The molecule has 5 nitrogen and oxygen atoms in total. The zero-order valence-corrected chi connectivity index (χ0v) is 10.8. The average Bonchev–Trinajstić information content (AvgIpc) is 2.78. The van der Waals surface area contributed by atoms with E-state index in [-0.39, 0.29) is 12.1 Å². The predicted octanol–water partition coefficient (Wildman–Crippen LogP) is 2.06. The SMILES string of the molecule is COC(=O)c1ccc2cc(CC(C)OC=O)[nH]c2c1. The molecular weight excluding hydrogens is 246 g/mol. The number of hydrogen-bond donors (Lipinski definition) is 1. The van der Waals surface area contributed by atoms with E-state index in [4.69, 9.17) is 4.74 Å². The van der Waals surface area contributed by atoms with Crippen molar-refractivity contribution in [3.8, 4) is 0 Å². The number of carbonyl (C=O) groups is 2. The third-order valence-corrected chi connectivity index (χ3v) is 2.89. The van der Waals surface area contributed by atoms with Crippen molar-refractivity contribution < 1.29 is 19.1 Å². The summed E-state index contributed by atoms with van der Waals surface area (Å²) in [5.41, 5.74) is 2.31. The lowest BCUT2D eigenvalue weighted by Gasteiger charge is -2.06. The molecule has 0 fully saturated rings. The second kappa shape index (κ2) is 5.56. The molecule has 1 heterocycles. The molecule has 1 aromatic carbocycles. The van der Waals surface area contributed by atoms with E-state index in [0.29, 0.717) is 18.5 Å². The number of H-pyrrole nitrogens is 1. The smallest absolute Gasteiger partial charge is 0.337 e. The normalized spacial score (nSPS) is 12.1. The first kappa shape index (κ1) is 13.1. The van der Waals surface area contributed by atoms with Crippen LogP contribution in [0.4, 0.5) is 0 Å². The minimum absolute atomic E-state index is 0.189. The molecule has 0 aliphatic heterocycles. The number of methoxy groups -OCH3 is 1. The predicted molar refractivity (Wildman–Crippen MR) is 70.0 cm³/mol. The van der Waals surface area contributed by atoms with Crippen LogP contribution in [0.1, 0.15) is 23.0 Å². The topological polar surface area (TPSA) is 68.4 Å². The molecule has 0 saturated carbocycles. The van der Waals surface area contributed by atoms with E-state index in [1.807, 2.05) is 19.1 Å². The lowest BCUT2D eigenvalue weighted by Crippen LogP contribution is -2.10. The molecule has 0 spiro atoms. The zero-order chi connectivity index (χ0) is 13.8. The van der Waals surface area contributed by atoms with Crippen molar-refractivity contribution in [1.82, 2.24) is 4.98 Å². The summed E-state index contributed by atoms with van der Waals surface area (Å²) < 4.78 is 9.52. The molecule has 0 saturated heterocycles. The number of hydrogen-bond acceptors (Lipinski definition) is 4. The number of esters is 1. The Hall–Kier alpha value is -2.30. The van der Waals surface area contributed by atoms with Gasteiger partial charge in [0.25, 0.3) is 6.47 Å². The van der Waals surface area contributed by atoms with Crippen LogP contribution in [-0.2, 0) is 20.7 Å². The first-order valence-corrected chi connectivity index (χ1v) is 5.93. The maximum atomic E-state index is 11.4. The van der Waals surface area contributed by atoms with Gasteiger partial charge in [0, 0.05) is 17.6 Å². The van der Waals surface area contributed by atoms with Gasteiger partial charge in [0.1, 0.15) is 6.10 Å². The fourth-order valence-electron chi connectivity index (χ4n) is 1.99. The Morgan fingerprint density at radius 3 is 2.89 bits per heavy atom. The van der Waals surface area contributed by atoms with E-state index in [9.17, 15) is 9.59 Å². The van der Waals surface area contributed by atoms with E-state index < -0.39 is 0 Å². The average molecular weight is 261 g/mol. The maximum absolute atomic E-state index is 11.4. The van der Waals surface area contributed by atoms with Crippen molar-refractivity contribution in [3.05, 3.63) is 35.5 Å². The number of fused-ring (bicyclic) bond motifs is 1. The summed E-state index contributed by atoms with van der Waals surface area (Å²) in [6.45, 7) is 2.27. The van der Waals surface area contributed by atoms with E-state index in [1.54, 1.807) is 12.1 Å². The number of benzene rings is 1. The Morgan fingerprint density at radius 2 is 2.21 bits per heavy atom. The van der Waals surface area contributed by atoms with Crippen LogP contribution in [0.2, 0.25) is 0 Å². The van der Waals surface area contributed by atoms with E-state index in [2.05, 4.69) is 9.72 Å². The summed E-state index contributed by atoms with van der Waals surface area (Å²) in [7, 11) is 1.35. The van der Waals surface area contributed by atoms with Gasteiger partial charge in [-0.1, -0.05) is 6.07 Å². The summed E-state index contributed by atoms with van der Waals surface area (Å²) in [5.74, 6) is -0.365. The molecule has 1 aromatic heterocycles.